The van der Waals surface area contributed by atoms with Crippen molar-refractivity contribution in [2.45, 2.75) is 25.9 Å². The predicted octanol–water partition coefficient (Wildman–Crippen LogP) is 1.66. The minimum absolute atomic E-state index is 0.338. The molecule has 0 radical (unpaired) electrons. The van der Waals surface area contributed by atoms with Gasteiger partial charge in [-0.05, 0) is 18.9 Å². The summed E-state index contributed by atoms with van der Waals surface area (Å²) in [6.07, 6.45) is 2.45. The van der Waals surface area contributed by atoms with Crippen LogP contribution in [0.3, 0.4) is 0 Å². The fourth-order valence-electron chi connectivity index (χ4n) is 2.29. The average molecular weight is 269 g/mol. The maximum atomic E-state index is 11.1. The third kappa shape index (κ3) is 2.76. The SMILES string of the molecule is CCC1OCCC1CNc1cc(N)c(C(N)=O)s1. The van der Waals surface area contributed by atoms with Gasteiger partial charge in [-0.25, -0.2) is 0 Å². The van der Waals surface area contributed by atoms with Crippen molar-refractivity contribution in [3.8, 4) is 0 Å². The second-order valence-corrected chi connectivity index (χ2v) is 5.56. The van der Waals surface area contributed by atoms with Gasteiger partial charge in [0, 0.05) is 19.1 Å². The standard InChI is InChI=1S/C12H19N3O2S/c1-2-9-7(3-4-17-9)6-15-10-5-8(13)11(18-10)12(14)16/h5,7,9,15H,2-4,6,13H2,1H3,(H2,14,16). The van der Waals surface area contributed by atoms with Gasteiger partial charge in [0.05, 0.1) is 16.8 Å². The zero-order chi connectivity index (χ0) is 13.1. The minimum atomic E-state index is -0.471. The summed E-state index contributed by atoms with van der Waals surface area (Å²) in [5.74, 6) is 0.0523. The van der Waals surface area contributed by atoms with E-state index in [0.29, 0.717) is 22.6 Å². The van der Waals surface area contributed by atoms with Gasteiger partial charge in [-0.2, -0.15) is 0 Å². The number of ether oxygens (including phenoxy) is 1. The molecule has 0 bridgehead atoms. The van der Waals surface area contributed by atoms with Gasteiger partial charge < -0.3 is 21.5 Å². The van der Waals surface area contributed by atoms with Gasteiger partial charge in [0.1, 0.15) is 4.88 Å². The summed E-state index contributed by atoms with van der Waals surface area (Å²) in [5, 5.41) is 4.21. The molecule has 2 rings (SSSR count). The first kappa shape index (κ1) is 13.2. The molecule has 0 aliphatic carbocycles. The third-order valence-electron chi connectivity index (χ3n) is 3.27. The molecule has 0 spiro atoms. The minimum Gasteiger partial charge on any atom is -0.397 e. The van der Waals surface area contributed by atoms with Gasteiger partial charge in [-0.15, -0.1) is 11.3 Å². The number of hydrogen-bond acceptors (Lipinski definition) is 5. The average Bonchev–Trinajstić information content (AvgIpc) is 2.92. The van der Waals surface area contributed by atoms with Gasteiger partial charge >= 0.3 is 0 Å². The first-order valence-corrected chi connectivity index (χ1v) is 6.98. The molecule has 0 aromatic carbocycles. The van der Waals surface area contributed by atoms with Crippen LogP contribution in [0.2, 0.25) is 0 Å². The maximum Gasteiger partial charge on any atom is 0.260 e. The predicted molar refractivity (Wildman–Crippen MR) is 73.9 cm³/mol. The van der Waals surface area contributed by atoms with Crippen LogP contribution in [0, 0.1) is 5.92 Å². The Morgan fingerprint density at radius 1 is 1.67 bits per heavy atom. The topological polar surface area (TPSA) is 90.4 Å². The Bertz CT molecular complexity index is 433. The molecule has 2 atom stereocenters. The lowest BCUT2D eigenvalue weighted by Crippen LogP contribution is -2.22. The second-order valence-electron chi connectivity index (χ2n) is 4.51. The molecule has 0 saturated carbocycles. The van der Waals surface area contributed by atoms with E-state index in [4.69, 9.17) is 16.2 Å². The van der Waals surface area contributed by atoms with Crippen LogP contribution in [0.15, 0.2) is 6.07 Å². The lowest BCUT2D eigenvalue weighted by Gasteiger charge is -2.17. The highest BCUT2D eigenvalue weighted by Gasteiger charge is 2.26. The molecule has 2 unspecified atom stereocenters. The number of nitrogens with two attached hydrogens (primary N) is 2. The van der Waals surface area contributed by atoms with Crippen LogP contribution in [0.25, 0.3) is 0 Å². The number of nitrogen functional groups attached to an aromatic ring is 1. The van der Waals surface area contributed by atoms with E-state index in [9.17, 15) is 4.79 Å². The summed E-state index contributed by atoms with van der Waals surface area (Å²) in [7, 11) is 0. The maximum absolute atomic E-state index is 11.1. The van der Waals surface area contributed by atoms with E-state index in [1.165, 1.54) is 11.3 Å². The summed E-state index contributed by atoms with van der Waals surface area (Å²) in [4.78, 5) is 11.5. The fourth-order valence-corrected chi connectivity index (χ4v) is 3.13. The van der Waals surface area contributed by atoms with Crippen molar-refractivity contribution in [1.82, 2.24) is 0 Å². The second kappa shape index (κ2) is 5.58. The first-order valence-electron chi connectivity index (χ1n) is 6.16. The fraction of sp³-hybridized carbons (Fsp3) is 0.583. The van der Waals surface area contributed by atoms with Crippen molar-refractivity contribution in [2.75, 3.05) is 24.2 Å². The summed E-state index contributed by atoms with van der Waals surface area (Å²) >= 11 is 1.31. The van der Waals surface area contributed by atoms with Gasteiger partial charge in [0.2, 0.25) is 0 Å². The Labute approximate surface area is 110 Å². The van der Waals surface area contributed by atoms with Gasteiger partial charge in [-0.1, -0.05) is 6.92 Å². The molecule has 1 aliphatic rings. The highest BCUT2D eigenvalue weighted by molar-refractivity contribution is 7.18. The van der Waals surface area contributed by atoms with Gasteiger partial charge in [0.25, 0.3) is 5.91 Å². The molecule has 1 amide bonds. The molecular formula is C12H19N3O2S. The molecule has 1 aromatic heterocycles. The summed E-state index contributed by atoms with van der Waals surface area (Å²) in [6, 6.07) is 1.77. The van der Waals surface area contributed by atoms with Crippen LogP contribution >= 0.6 is 11.3 Å². The number of rotatable bonds is 5. The first-order chi connectivity index (χ1) is 8.61. The quantitative estimate of drug-likeness (QED) is 0.758. The van der Waals surface area contributed by atoms with Gasteiger partial charge in [-0.3, -0.25) is 4.79 Å². The largest absolute Gasteiger partial charge is 0.397 e. The van der Waals surface area contributed by atoms with Crippen molar-refractivity contribution in [2.24, 2.45) is 11.7 Å². The van der Waals surface area contributed by atoms with Crippen LogP contribution in [-0.4, -0.2) is 25.2 Å². The third-order valence-corrected chi connectivity index (χ3v) is 4.39. The normalized spacial score (nSPS) is 23.2. The summed E-state index contributed by atoms with van der Waals surface area (Å²) in [5.41, 5.74) is 11.4. The Morgan fingerprint density at radius 3 is 3.06 bits per heavy atom. The van der Waals surface area contributed by atoms with Crippen LogP contribution in [-0.2, 0) is 4.74 Å². The highest BCUT2D eigenvalue weighted by Crippen LogP contribution is 2.30. The van der Waals surface area contributed by atoms with E-state index < -0.39 is 5.91 Å². The monoisotopic (exact) mass is 269 g/mol. The number of amides is 1. The smallest absolute Gasteiger partial charge is 0.260 e. The molecule has 6 heteroatoms. The molecule has 1 saturated heterocycles. The van der Waals surface area contributed by atoms with E-state index in [2.05, 4.69) is 12.2 Å². The molecule has 1 fully saturated rings. The van der Waals surface area contributed by atoms with Crippen molar-refractivity contribution in [1.29, 1.82) is 0 Å². The number of carbonyl (C=O) groups is 1. The van der Waals surface area contributed by atoms with E-state index in [-0.39, 0.29) is 0 Å². The number of primary amides is 1. The number of thiophene rings is 1. The van der Waals surface area contributed by atoms with E-state index >= 15 is 0 Å². The lowest BCUT2D eigenvalue weighted by atomic mass is 10.00. The zero-order valence-electron chi connectivity index (χ0n) is 10.4. The van der Waals surface area contributed by atoms with Crippen molar-refractivity contribution >= 4 is 27.9 Å². The zero-order valence-corrected chi connectivity index (χ0v) is 11.3. The van der Waals surface area contributed by atoms with Crippen LogP contribution in [0.5, 0.6) is 0 Å². The lowest BCUT2D eigenvalue weighted by molar-refractivity contribution is 0.0900. The highest BCUT2D eigenvalue weighted by atomic mass is 32.1. The number of nitrogens with one attached hydrogen (secondary N) is 1. The van der Waals surface area contributed by atoms with Crippen LogP contribution < -0.4 is 16.8 Å². The number of anilines is 2. The molecule has 100 valence electrons. The van der Waals surface area contributed by atoms with Gasteiger partial charge in [0.15, 0.2) is 0 Å². The Hall–Kier alpha value is -1.27. The van der Waals surface area contributed by atoms with Crippen LogP contribution in [0.4, 0.5) is 10.7 Å². The Balaban J connectivity index is 1.94. The Morgan fingerprint density at radius 2 is 2.44 bits per heavy atom. The van der Waals surface area contributed by atoms with Crippen molar-refractivity contribution < 1.29 is 9.53 Å². The molecule has 18 heavy (non-hydrogen) atoms. The molecule has 5 N–H and O–H groups in total. The molecular weight excluding hydrogens is 250 g/mol. The number of carbonyl (C=O) groups excluding carboxylic acids is 1. The molecule has 1 aromatic rings. The molecule has 2 heterocycles. The van der Waals surface area contributed by atoms with E-state index in [1.807, 2.05) is 0 Å². The van der Waals surface area contributed by atoms with Crippen molar-refractivity contribution in [3.63, 3.8) is 0 Å². The van der Waals surface area contributed by atoms with Crippen LogP contribution in [0.1, 0.15) is 29.4 Å². The Kier molecular flexibility index (Phi) is 4.08. The summed E-state index contributed by atoms with van der Waals surface area (Å²) in [6.45, 7) is 3.82. The molecule has 1 aliphatic heterocycles. The van der Waals surface area contributed by atoms with Crippen molar-refractivity contribution in [3.05, 3.63) is 10.9 Å². The van der Waals surface area contributed by atoms with E-state index in [1.54, 1.807) is 6.07 Å². The number of hydrogen-bond donors (Lipinski definition) is 3. The summed E-state index contributed by atoms with van der Waals surface area (Å²) < 4.78 is 5.63. The molecule has 5 nitrogen and oxygen atoms in total. The van der Waals surface area contributed by atoms with E-state index in [0.717, 1.165) is 31.0 Å².